The van der Waals surface area contributed by atoms with Crippen LogP contribution in [0.15, 0.2) is 55.6 Å². The van der Waals surface area contributed by atoms with Crippen molar-refractivity contribution < 1.29 is 4.74 Å². The van der Waals surface area contributed by atoms with Crippen molar-refractivity contribution in [1.29, 1.82) is 0 Å². The van der Waals surface area contributed by atoms with Crippen LogP contribution in [0.1, 0.15) is 24.5 Å². The van der Waals surface area contributed by atoms with Crippen molar-refractivity contribution in [2.24, 2.45) is 0 Å². The molecule has 0 saturated carbocycles. The van der Waals surface area contributed by atoms with Crippen LogP contribution in [-0.4, -0.2) is 6.61 Å². The Kier molecular flexibility index (Phi) is 5.49. The molecule has 0 aliphatic carbocycles. The summed E-state index contributed by atoms with van der Waals surface area (Å²) in [5.74, 6) is 0. The number of hydrogen-bond donors (Lipinski definition) is 0. The van der Waals surface area contributed by atoms with Gasteiger partial charge in [0.15, 0.2) is 0 Å². The molecule has 0 N–H and O–H groups in total. The highest BCUT2D eigenvalue weighted by Gasteiger charge is 2.08. The summed E-state index contributed by atoms with van der Waals surface area (Å²) in [7, 11) is 0. The molecule has 1 heteroatoms. The summed E-state index contributed by atoms with van der Waals surface area (Å²) >= 11 is 0. The first-order valence-corrected chi connectivity index (χ1v) is 5.26. The molecule has 1 atom stereocenters. The van der Waals surface area contributed by atoms with Gasteiger partial charge in [0.2, 0.25) is 0 Å². The standard InChI is InChI=1S/C14H18O/c1-3-5-12-15-14(9-4-2)13-10-7-6-8-11-13/h3-4,6-8,10-11,14H,1-2,5,9,12H2. The first kappa shape index (κ1) is 11.7. The van der Waals surface area contributed by atoms with Gasteiger partial charge in [-0.1, -0.05) is 42.5 Å². The molecule has 1 aromatic rings. The first-order valence-electron chi connectivity index (χ1n) is 5.26. The average Bonchev–Trinajstić information content (AvgIpc) is 2.29. The highest BCUT2D eigenvalue weighted by molar-refractivity contribution is 5.18. The zero-order valence-electron chi connectivity index (χ0n) is 9.06. The quantitative estimate of drug-likeness (QED) is 0.481. The maximum absolute atomic E-state index is 5.77. The fourth-order valence-corrected chi connectivity index (χ4v) is 1.41. The zero-order valence-corrected chi connectivity index (χ0v) is 9.06. The molecule has 0 amide bonds. The van der Waals surface area contributed by atoms with E-state index >= 15 is 0 Å². The molecule has 1 aromatic carbocycles. The van der Waals surface area contributed by atoms with Gasteiger partial charge in [-0.25, -0.2) is 0 Å². The fourth-order valence-electron chi connectivity index (χ4n) is 1.41. The van der Waals surface area contributed by atoms with E-state index in [0.29, 0.717) is 0 Å². The third kappa shape index (κ3) is 4.13. The van der Waals surface area contributed by atoms with Crippen LogP contribution in [0.25, 0.3) is 0 Å². The van der Waals surface area contributed by atoms with Gasteiger partial charge < -0.3 is 4.74 Å². The topological polar surface area (TPSA) is 9.23 Å². The summed E-state index contributed by atoms with van der Waals surface area (Å²) in [5, 5.41) is 0. The normalized spacial score (nSPS) is 12.0. The summed E-state index contributed by atoms with van der Waals surface area (Å²) in [6.07, 6.45) is 5.63. The third-order valence-corrected chi connectivity index (χ3v) is 2.19. The van der Waals surface area contributed by atoms with Gasteiger partial charge in [-0.05, 0) is 18.4 Å². The van der Waals surface area contributed by atoms with Crippen molar-refractivity contribution in [1.82, 2.24) is 0 Å². The van der Waals surface area contributed by atoms with E-state index in [9.17, 15) is 0 Å². The van der Waals surface area contributed by atoms with Crippen LogP contribution in [0.2, 0.25) is 0 Å². The second kappa shape index (κ2) is 7.02. The van der Waals surface area contributed by atoms with Gasteiger partial charge >= 0.3 is 0 Å². The van der Waals surface area contributed by atoms with Crippen molar-refractivity contribution in [3.05, 3.63) is 61.2 Å². The molecule has 0 aliphatic heterocycles. The molecule has 1 nitrogen and oxygen atoms in total. The molecule has 0 fully saturated rings. The number of benzene rings is 1. The summed E-state index contributed by atoms with van der Waals surface area (Å²) in [4.78, 5) is 0. The van der Waals surface area contributed by atoms with Crippen LogP contribution >= 0.6 is 0 Å². The molecule has 80 valence electrons. The van der Waals surface area contributed by atoms with E-state index < -0.39 is 0 Å². The van der Waals surface area contributed by atoms with Crippen molar-refractivity contribution in [3.63, 3.8) is 0 Å². The van der Waals surface area contributed by atoms with Crippen LogP contribution in [-0.2, 0) is 4.74 Å². The maximum Gasteiger partial charge on any atom is 0.0859 e. The largest absolute Gasteiger partial charge is 0.373 e. The highest BCUT2D eigenvalue weighted by Crippen LogP contribution is 2.21. The second-order valence-electron chi connectivity index (χ2n) is 3.37. The molecule has 1 unspecified atom stereocenters. The molecule has 15 heavy (non-hydrogen) atoms. The predicted molar refractivity (Wildman–Crippen MR) is 64.8 cm³/mol. The minimum atomic E-state index is 0.128. The van der Waals surface area contributed by atoms with Crippen LogP contribution in [0, 0.1) is 0 Å². The Labute approximate surface area is 92.1 Å². The van der Waals surface area contributed by atoms with E-state index in [0.717, 1.165) is 19.4 Å². The molecule has 0 radical (unpaired) electrons. The maximum atomic E-state index is 5.77. The predicted octanol–water partition coefficient (Wildman–Crippen LogP) is 3.90. The summed E-state index contributed by atoms with van der Waals surface area (Å²) in [6, 6.07) is 10.2. The van der Waals surface area contributed by atoms with Gasteiger partial charge in [-0.2, -0.15) is 0 Å². The Bertz CT molecular complexity index is 289. The Hall–Kier alpha value is -1.34. The molecule has 0 spiro atoms. The van der Waals surface area contributed by atoms with Crippen LogP contribution in [0.3, 0.4) is 0 Å². The van der Waals surface area contributed by atoms with E-state index in [4.69, 9.17) is 4.74 Å². The Morgan fingerprint density at radius 1 is 1.13 bits per heavy atom. The zero-order chi connectivity index (χ0) is 10.9. The Morgan fingerprint density at radius 3 is 2.47 bits per heavy atom. The number of hydrogen-bond acceptors (Lipinski definition) is 1. The van der Waals surface area contributed by atoms with Gasteiger partial charge in [-0.3, -0.25) is 0 Å². The van der Waals surface area contributed by atoms with Gasteiger partial charge in [0.25, 0.3) is 0 Å². The second-order valence-corrected chi connectivity index (χ2v) is 3.37. The molecular formula is C14H18O. The summed E-state index contributed by atoms with van der Waals surface area (Å²) < 4.78 is 5.77. The van der Waals surface area contributed by atoms with Gasteiger partial charge in [0, 0.05) is 0 Å². The summed E-state index contributed by atoms with van der Waals surface area (Å²) in [5.41, 5.74) is 1.21. The van der Waals surface area contributed by atoms with E-state index in [1.807, 2.05) is 30.4 Å². The Morgan fingerprint density at radius 2 is 1.87 bits per heavy atom. The van der Waals surface area contributed by atoms with E-state index in [1.165, 1.54) is 5.56 Å². The van der Waals surface area contributed by atoms with Gasteiger partial charge in [0.05, 0.1) is 12.7 Å². The summed E-state index contributed by atoms with van der Waals surface area (Å²) in [6.45, 7) is 8.15. The molecule has 0 aromatic heterocycles. The third-order valence-electron chi connectivity index (χ3n) is 2.19. The number of rotatable bonds is 7. The first-order chi connectivity index (χ1) is 7.38. The van der Waals surface area contributed by atoms with E-state index in [1.54, 1.807) is 0 Å². The van der Waals surface area contributed by atoms with Gasteiger partial charge in [0.1, 0.15) is 0 Å². The fraction of sp³-hybridized carbons (Fsp3) is 0.286. The lowest BCUT2D eigenvalue weighted by Gasteiger charge is -2.16. The minimum Gasteiger partial charge on any atom is -0.373 e. The minimum absolute atomic E-state index is 0.128. The Balaban J connectivity index is 2.57. The number of ether oxygens (including phenoxy) is 1. The molecular weight excluding hydrogens is 184 g/mol. The van der Waals surface area contributed by atoms with E-state index in [-0.39, 0.29) is 6.10 Å². The van der Waals surface area contributed by atoms with Crippen LogP contribution in [0.5, 0.6) is 0 Å². The van der Waals surface area contributed by atoms with Crippen molar-refractivity contribution in [2.45, 2.75) is 18.9 Å². The molecule has 0 heterocycles. The SMILES string of the molecule is C=CCCOC(CC=C)c1ccccc1. The molecule has 0 bridgehead atoms. The van der Waals surface area contributed by atoms with Gasteiger partial charge in [-0.15, -0.1) is 13.2 Å². The van der Waals surface area contributed by atoms with Crippen molar-refractivity contribution >= 4 is 0 Å². The van der Waals surface area contributed by atoms with E-state index in [2.05, 4.69) is 25.3 Å². The van der Waals surface area contributed by atoms with Crippen LogP contribution in [0.4, 0.5) is 0 Å². The lowest BCUT2D eigenvalue weighted by molar-refractivity contribution is 0.0581. The average molecular weight is 202 g/mol. The lowest BCUT2D eigenvalue weighted by Crippen LogP contribution is -2.04. The molecule has 0 saturated heterocycles. The smallest absolute Gasteiger partial charge is 0.0859 e. The molecule has 0 aliphatic rings. The van der Waals surface area contributed by atoms with Crippen molar-refractivity contribution in [3.8, 4) is 0 Å². The molecule has 1 rings (SSSR count). The highest BCUT2D eigenvalue weighted by atomic mass is 16.5. The monoisotopic (exact) mass is 202 g/mol. The lowest BCUT2D eigenvalue weighted by atomic mass is 10.1. The van der Waals surface area contributed by atoms with Crippen LogP contribution < -0.4 is 0 Å². The van der Waals surface area contributed by atoms with Crippen molar-refractivity contribution in [2.75, 3.05) is 6.61 Å².